The van der Waals surface area contributed by atoms with Gasteiger partial charge in [-0.1, -0.05) is 29.8 Å². The largest absolute Gasteiger partial charge is 0.298 e. The van der Waals surface area contributed by atoms with Crippen LogP contribution in [-0.4, -0.2) is 5.78 Å². The molecule has 1 aromatic rings. The summed E-state index contributed by atoms with van der Waals surface area (Å²) in [6.07, 6.45) is 0. The Bertz CT molecular complexity index is 276. The van der Waals surface area contributed by atoms with Gasteiger partial charge in [0.25, 0.3) is 0 Å². The van der Waals surface area contributed by atoms with Crippen LogP contribution in [0.5, 0.6) is 0 Å². The molecule has 0 N–H and O–H groups in total. The maximum Gasteiger partial charge on any atom is 0.152 e. The molecule has 0 heterocycles. The molecular formula is C10H11ClO. The van der Waals surface area contributed by atoms with Gasteiger partial charge in [0.15, 0.2) is 5.78 Å². The van der Waals surface area contributed by atoms with Gasteiger partial charge in [-0.05, 0) is 19.4 Å². The standard InChI is InChI=1S/C10H11ClO/c1-7-3-5-9(6-4-7)10(11)8(2)12/h3-6,10H,1-2H3. The summed E-state index contributed by atoms with van der Waals surface area (Å²) in [5.41, 5.74) is 2.04. The van der Waals surface area contributed by atoms with Gasteiger partial charge >= 0.3 is 0 Å². The first-order valence-corrected chi connectivity index (χ1v) is 4.26. The van der Waals surface area contributed by atoms with Gasteiger partial charge in [0.2, 0.25) is 0 Å². The SMILES string of the molecule is CC(=O)C(Cl)c1ccc(C)cc1. The second-order valence-corrected chi connectivity index (χ2v) is 3.32. The van der Waals surface area contributed by atoms with Gasteiger partial charge in [-0.15, -0.1) is 11.6 Å². The van der Waals surface area contributed by atoms with Crippen molar-refractivity contribution in [3.05, 3.63) is 35.4 Å². The van der Waals surface area contributed by atoms with Crippen molar-refractivity contribution in [3.63, 3.8) is 0 Å². The van der Waals surface area contributed by atoms with Crippen molar-refractivity contribution in [1.29, 1.82) is 0 Å². The molecule has 0 spiro atoms. The molecule has 0 bridgehead atoms. The molecule has 1 atom stereocenters. The third-order valence-corrected chi connectivity index (χ3v) is 2.29. The number of halogens is 1. The van der Waals surface area contributed by atoms with E-state index in [1.54, 1.807) is 0 Å². The lowest BCUT2D eigenvalue weighted by Crippen LogP contribution is -2.00. The number of carbonyl (C=O) groups excluding carboxylic acids is 1. The third kappa shape index (κ3) is 2.08. The summed E-state index contributed by atoms with van der Waals surface area (Å²) < 4.78 is 0. The van der Waals surface area contributed by atoms with Crippen molar-refractivity contribution in [2.45, 2.75) is 19.2 Å². The lowest BCUT2D eigenvalue weighted by molar-refractivity contribution is -0.116. The Morgan fingerprint density at radius 3 is 2.25 bits per heavy atom. The maximum atomic E-state index is 10.9. The van der Waals surface area contributed by atoms with Crippen molar-refractivity contribution < 1.29 is 4.79 Å². The second kappa shape index (κ2) is 3.72. The molecule has 0 aliphatic rings. The number of hydrogen-bond acceptors (Lipinski definition) is 1. The molecule has 0 amide bonds. The second-order valence-electron chi connectivity index (χ2n) is 2.88. The molecular weight excluding hydrogens is 172 g/mol. The fraction of sp³-hybridized carbons (Fsp3) is 0.300. The van der Waals surface area contributed by atoms with Gasteiger partial charge in [0.05, 0.1) is 0 Å². The lowest BCUT2D eigenvalue weighted by Gasteiger charge is -2.05. The van der Waals surface area contributed by atoms with Crippen LogP contribution in [0.15, 0.2) is 24.3 Å². The third-order valence-electron chi connectivity index (χ3n) is 1.73. The molecule has 2 heteroatoms. The summed E-state index contributed by atoms with van der Waals surface area (Å²) in [6, 6.07) is 7.67. The molecule has 1 unspecified atom stereocenters. The van der Waals surface area contributed by atoms with Gasteiger partial charge in [0.1, 0.15) is 5.38 Å². The summed E-state index contributed by atoms with van der Waals surface area (Å²) in [4.78, 5) is 10.9. The minimum absolute atomic E-state index is 0.0134. The van der Waals surface area contributed by atoms with Crippen LogP contribution in [0.1, 0.15) is 23.4 Å². The predicted octanol–water partition coefficient (Wildman–Crippen LogP) is 2.86. The summed E-state index contributed by atoms with van der Waals surface area (Å²) >= 11 is 5.84. The van der Waals surface area contributed by atoms with Crippen LogP contribution in [0.25, 0.3) is 0 Å². The number of hydrogen-bond donors (Lipinski definition) is 0. The Hall–Kier alpha value is -0.820. The van der Waals surface area contributed by atoms with Crippen molar-refractivity contribution in [3.8, 4) is 0 Å². The van der Waals surface area contributed by atoms with E-state index in [1.165, 1.54) is 12.5 Å². The number of ketones is 1. The van der Waals surface area contributed by atoms with Crippen LogP contribution >= 0.6 is 11.6 Å². The molecule has 0 fully saturated rings. The Morgan fingerprint density at radius 1 is 1.33 bits per heavy atom. The van der Waals surface area contributed by atoms with E-state index in [0.717, 1.165) is 5.56 Å². The van der Waals surface area contributed by atoms with Gasteiger partial charge in [-0.2, -0.15) is 0 Å². The highest BCUT2D eigenvalue weighted by Gasteiger charge is 2.11. The maximum absolute atomic E-state index is 10.9. The van der Waals surface area contributed by atoms with E-state index in [-0.39, 0.29) is 5.78 Å². The number of carbonyl (C=O) groups is 1. The van der Waals surface area contributed by atoms with Crippen LogP contribution in [0.3, 0.4) is 0 Å². The van der Waals surface area contributed by atoms with Crippen molar-refractivity contribution in [1.82, 2.24) is 0 Å². The average molecular weight is 183 g/mol. The molecule has 0 radical (unpaired) electrons. The van der Waals surface area contributed by atoms with Gasteiger partial charge < -0.3 is 0 Å². The Kier molecular flexibility index (Phi) is 2.88. The fourth-order valence-corrected chi connectivity index (χ4v) is 1.12. The Balaban J connectivity index is 2.89. The molecule has 0 aromatic heterocycles. The van der Waals surface area contributed by atoms with Crippen LogP contribution in [0.4, 0.5) is 0 Å². The molecule has 1 aromatic carbocycles. The molecule has 0 saturated carbocycles. The Labute approximate surface area is 77.4 Å². The molecule has 1 rings (SSSR count). The minimum atomic E-state index is -0.495. The number of alkyl halides is 1. The van der Waals surface area contributed by atoms with E-state index in [1.807, 2.05) is 31.2 Å². The number of benzene rings is 1. The molecule has 12 heavy (non-hydrogen) atoms. The molecule has 0 aliphatic heterocycles. The summed E-state index contributed by atoms with van der Waals surface area (Å²) in [6.45, 7) is 3.50. The zero-order valence-electron chi connectivity index (χ0n) is 7.17. The van der Waals surface area contributed by atoms with E-state index in [2.05, 4.69) is 0 Å². The number of Topliss-reactive ketones (excluding diaryl/α,β-unsaturated/α-hetero) is 1. The first-order valence-electron chi connectivity index (χ1n) is 3.82. The summed E-state index contributed by atoms with van der Waals surface area (Å²) in [5, 5.41) is -0.495. The fourth-order valence-electron chi connectivity index (χ4n) is 0.970. The smallest absolute Gasteiger partial charge is 0.152 e. The Morgan fingerprint density at radius 2 is 1.83 bits per heavy atom. The van der Waals surface area contributed by atoms with E-state index < -0.39 is 5.38 Å². The monoisotopic (exact) mass is 182 g/mol. The predicted molar refractivity (Wildman–Crippen MR) is 50.5 cm³/mol. The summed E-state index contributed by atoms with van der Waals surface area (Å²) in [7, 11) is 0. The van der Waals surface area contributed by atoms with Crippen LogP contribution in [0.2, 0.25) is 0 Å². The van der Waals surface area contributed by atoms with Crippen molar-refractivity contribution in [2.75, 3.05) is 0 Å². The topological polar surface area (TPSA) is 17.1 Å². The zero-order chi connectivity index (χ0) is 9.14. The average Bonchev–Trinajstić information content (AvgIpc) is 2.04. The van der Waals surface area contributed by atoms with Crippen molar-refractivity contribution >= 4 is 17.4 Å². The van der Waals surface area contributed by atoms with Gasteiger partial charge in [-0.25, -0.2) is 0 Å². The first-order chi connectivity index (χ1) is 5.61. The zero-order valence-corrected chi connectivity index (χ0v) is 7.93. The number of aryl methyl sites for hydroxylation is 1. The quantitative estimate of drug-likeness (QED) is 0.643. The van der Waals surface area contributed by atoms with Gasteiger partial charge in [-0.3, -0.25) is 4.79 Å². The van der Waals surface area contributed by atoms with Crippen LogP contribution in [-0.2, 0) is 4.79 Å². The normalized spacial score (nSPS) is 12.6. The summed E-state index contributed by atoms with van der Waals surface area (Å²) in [5.74, 6) is -0.0134. The number of rotatable bonds is 2. The van der Waals surface area contributed by atoms with E-state index in [4.69, 9.17) is 11.6 Å². The van der Waals surface area contributed by atoms with E-state index in [0.29, 0.717) is 0 Å². The molecule has 1 nitrogen and oxygen atoms in total. The minimum Gasteiger partial charge on any atom is -0.298 e. The highest BCUT2D eigenvalue weighted by atomic mass is 35.5. The highest BCUT2D eigenvalue weighted by Crippen LogP contribution is 2.21. The highest BCUT2D eigenvalue weighted by molar-refractivity contribution is 6.30. The van der Waals surface area contributed by atoms with Crippen molar-refractivity contribution in [2.24, 2.45) is 0 Å². The lowest BCUT2D eigenvalue weighted by atomic mass is 10.1. The van der Waals surface area contributed by atoms with E-state index >= 15 is 0 Å². The molecule has 64 valence electrons. The molecule has 0 aliphatic carbocycles. The molecule has 0 saturated heterocycles. The van der Waals surface area contributed by atoms with Gasteiger partial charge in [0, 0.05) is 0 Å². The van der Waals surface area contributed by atoms with Crippen LogP contribution in [0, 0.1) is 6.92 Å². The first kappa shape index (κ1) is 9.27. The van der Waals surface area contributed by atoms with Crippen LogP contribution < -0.4 is 0 Å². The van der Waals surface area contributed by atoms with E-state index in [9.17, 15) is 4.79 Å².